The normalized spacial score (nSPS) is 35.9. The molecule has 3 aliphatic rings. The second-order valence-electron chi connectivity index (χ2n) is 15.3. The molecule has 3 rings (SSSR count). The summed E-state index contributed by atoms with van der Waals surface area (Å²) in [5.74, 6) is -1.44. The average Bonchev–Trinajstić information content (AvgIpc) is 3.24. The van der Waals surface area contributed by atoms with E-state index in [4.69, 9.17) is 33.2 Å². The third-order valence-electron chi connectivity index (χ3n) is 10.6. The molecule has 16 atom stereocenters. The van der Waals surface area contributed by atoms with Gasteiger partial charge in [-0.25, -0.2) is 0 Å². The quantitative estimate of drug-likeness (QED) is 0.0306. The number of hydrogen-bond acceptors (Lipinski definition) is 18. The van der Waals surface area contributed by atoms with Gasteiger partial charge in [0.1, 0.15) is 73.8 Å². The van der Waals surface area contributed by atoms with Crippen LogP contribution < -0.4 is 0 Å². The van der Waals surface area contributed by atoms with Crippen LogP contribution in [0, 0.1) is 5.92 Å². The molecule has 346 valence electrons. The van der Waals surface area contributed by atoms with Gasteiger partial charge in [-0.05, 0) is 44.9 Å². The summed E-state index contributed by atoms with van der Waals surface area (Å²) in [6.45, 7) is 0.529. The molecular weight excluding hydrogens is 792 g/mol. The fraction of sp³-hybridized carbons (Fsp3) is 0.786. The van der Waals surface area contributed by atoms with Crippen molar-refractivity contribution in [2.45, 2.75) is 170 Å². The lowest BCUT2D eigenvalue weighted by molar-refractivity contribution is -0.364. The topological polar surface area (TPSA) is 284 Å². The fourth-order valence-corrected chi connectivity index (χ4v) is 6.77. The van der Waals surface area contributed by atoms with Crippen LogP contribution in [-0.2, 0) is 38.0 Å². The van der Waals surface area contributed by atoms with Gasteiger partial charge in [-0.2, -0.15) is 0 Å². The molecule has 0 saturated carbocycles. The standard InChI is InChI=1S/C42H70O18/c1-3-4-5-6-7-8-9-10-11-12-13-14-15-16-17-18-19-20-31(46)54-24-27(25-55-40-37(52)36(51)34(49)29(22-44)57-40)56-42-38(53)39(35(50)30(23-45)59-42)60-41-33(48)26(2)32(47)28(21-43)58-41/h7-8,10-11,13-14,16-17,26-30,32-45,47-53H,3-6,9,12,15,18-25H2,1-2H3/b8-7-,11-10-,14-13-,17-16-/t26-,27?,28+,29+,30+,32-,33+,34+,35+,36-,37+,38+,39-,40+,41-,42+/m0/s1. The van der Waals surface area contributed by atoms with Crippen LogP contribution in [0.3, 0.4) is 0 Å². The highest BCUT2D eigenvalue weighted by Crippen LogP contribution is 2.32. The Hall–Kier alpha value is -2.21. The van der Waals surface area contributed by atoms with Gasteiger partial charge in [0.25, 0.3) is 0 Å². The van der Waals surface area contributed by atoms with Gasteiger partial charge in [0.15, 0.2) is 18.9 Å². The Morgan fingerprint density at radius 1 is 0.583 bits per heavy atom. The van der Waals surface area contributed by atoms with Crippen molar-refractivity contribution in [3.05, 3.63) is 48.6 Å². The summed E-state index contributed by atoms with van der Waals surface area (Å²) in [5, 5.41) is 103. The Morgan fingerprint density at radius 3 is 1.72 bits per heavy atom. The Bertz CT molecular complexity index is 1290. The summed E-state index contributed by atoms with van der Waals surface area (Å²) in [6.07, 6.45) is 2.33. The Morgan fingerprint density at radius 2 is 1.12 bits per heavy atom. The van der Waals surface area contributed by atoms with E-state index in [2.05, 4.69) is 43.4 Å². The van der Waals surface area contributed by atoms with Crippen LogP contribution in [0.15, 0.2) is 48.6 Å². The molecule has 18 nitrogen and oxygen atoms in total. The predicted molar refractivity (Wildman–Crippen MR) is 214 cm³/mol. The zero-order chi connectivity index (χ0) is 44.0. The van der Waals surface area contributed by atoms with Gasteiger partial charge in [0.05, 0.1) is 32.5 Å². The molecule has 0 spiro atoms. The Balaban J connectivity index is 1.57. The molecule has 3 aliphatic heterocycles. The maximum atomic E-state index is 12.8. The maximum absolute atomic E-state index is 12.8. The van der Waals surface area contributed by atoms with Gasteiger partial charge in [-0.1, -0.05) is 75.3 Å². The average molecular weight is 863 g/mol. The van der Waals surface area contributed by atoms with Crippen molar-refractivity contribution in [3.63, 3.8) is 0 Å². The summed E-state index contributed by atoms with van der Waals surface area (Å²) in [4.78, 5) is 12.8. The summed E-state index contributed by atoms with van der Waals surface area (Å²) in [7, 11) is 0. The van der Waals surface area contributed by atoms with Crippen molar-refractivity contribution in [1.29, 1.82) is 0 Å². The van der Waals surface area contributed by atoms with E-state index >= 15 is 0 Å². The van der Waals surface area contributed by atoms with Gasteiger partial charge in [0, 0.05) is 12.3 Å². The molecule has 1 unspecified atom stereocenters. The molecule has 0 aromatic carbocycles. The van der Waals surface area contributed by atoms with E-state index in [1.807, 2.05) is 12.2 Å². The van der Waals surface area contributed by atoms with Gasteiger partial charge in [0.2, 0.25) is 0 Å². The van der Waals surface area contributed by atoms with Crippen molar-refractivity contribution in [1.82, 2.24) is 0 Å². The fourth-order valence-electron chi connectivity index (χ4n) is 6.77. The van der Waals surface area contributed by atoms with E-state index in [0.29, 0.717) is 12.8 Å². The number of esters is 1. The molecule has 3 fully saturated rings. The van der Waals surface area contributed by atoms with Gasteiger partial charge in [-0.15, -0.1) is 0 Å². The summed E-state index contributed by atoms with van der Waals surface area (Å²) < 4.78 is 39.4. The highest BCUT2D eigenvalue weighted by atomic mass is 16.8. The minimum absolute atomic E-state index is 0.0429. The molecule has 0 aliphatic carbocycles. The molecule has 3 heterocycles. The monoisotopic (exact) mass is 862 g/mol. The highest BCUT2D eigenvalue weighted by molar-refractivity contribution is 5.69. The van der Waals surface area contributed by atoms with E-state index in [-0.39, 0.29) is 6.42 Å². The van der Waals surface area contributed by atoms with Crippen LogP contribution in [0.25, 0.3) is 0 Å². The number of aliphatic hydroxyl groups is 10. The first-order chi connectivity index (χ1) is 28.9. The lowest BCUT2D eigenvalue weighted by atomic mass is 9.90. The van der Waals surface area contributed by atoms with Gasteiger partial charge in [-0.3, -0.25) is 4.79 Å². The SMILES string of the molecule is CCCCC/C=C\C/C=C\C/C=C\C/C=C\CCCC(=O)OCC(CO[C@@H]1O[C@H](CO)[C@@H](O)[C@H](O)[C@H]1O)O[C@@H]1O[C@H](CO)[C@@H](O)[C@H](O[C@@H]2O[C@H](CO)[C@@H](O)[C@H](C)[C@H]2O)[C@H]1O. The van der Waals surface area contributed by atoms with E-state index < -0.39 is 137 Å². The minimum atomic E-state index is -1.84. The lowest BCUT2D eigenvalue weighted by Gasteiger charge is -2.46. The highest BCUT2D eigenvalue weighted by Gasteiger charge is 2.51. The first-order valence-corrected chi connectivity index (χ1v) is 21.1. The number of unbranched alkanes of at least 4 members (excludes halogenated alkanes) is 4. The molecular formula is C42H70O18. The number of allylic oxidation sites excluding steroid dienone is 8. The van der Waals surface area contributed by atoms with Crippen molar-refractivity contribution >= 4 is 5.97 Å². The maximum Gasteiger partial charge on any atom is 0.305 e. The number of carbonyl (C=O) groups excluding carboxylic acids is 1. The van der Waals surface area contributed by atoms with E-state index in [0.717, 1.165) is 25.7 Å². The number of aliphatic hydroxyl groups excluding tert-OH is 10. The molecule has 0 aromatic heterocycles. The van der Waals surface area contributed by atoms with E-state index in [9.17, 15) is 55.9 Å². The molecule has 0 bridgehead atoms. The lowest BCUT2D eigenvalue weighted by Crippen LogP contribution is -2.64. The molecule has 0 amide bonds. The van der Waals surface area contributed by atoms with Crippen LogP contribution in [0.5, 0.6) is 0 Å². The number of rotatable bonds is 26. The van der Waals surface area contributed by atoms with E-state index in [1.54, 1.807) is 0 Å². The Labute approximate surface area is 352 Å². The molecule has 0 radical (unpaired) electrons. The summed E-state index contributed by atoms with van der Waals surface area (Å²) >= 11 is 0. The molecule has 3 saturated heterocycles. The smallest absolute Gasteiger partial charge is 0.305 e. The molecule has 18 heteroatoms. The van der Waals surface area contributed by atoms with E-state index in [1.165, 1.54) is 26.2 Å². The molecule has 0 aromatic rings. The summed E-state index contributed by atoms with van der Waals surface area (Å²) in [6, 6.07) is 0. The van der Waals surface area contributed by atoms with Crippen LogP contribution >= 0.6 is 0 Å². The predicted octanol–water partition coefficient (Wildman–Crippen LogP) is -0.224. The second-order valence-corrected chi connectivity index (χ2v) is 15.3. The van der Waals surface area contributed by atoms with Crippen molar-refractivity contribution in [2.75, 3.05) is 33.0 Å². The van der Waals surface area contributed by atoms with Crippen LogP contribution in [0.1, 0.15) is 78.1 Å². The second kappa shape index (κ2) is 28.5. The number of hydrogen-bond donors (Lipinski definition) is 10. The van der Waals surface area contributed by atoms with Gasteiger partial charge < -0.3 is 84.2 Å². The van der Waals surface area contributed by atoms with Crippen LogP contribution in [0.2, 0.25) is 0 Å². The summed E-state index contributed by atoms with van der Waals surface area (Å²) in [5.41, 5.74) is 0. The first-order valence-electron chi connectivity index (χ1n) is 21.1. The Kier molecular flexibility index (Phi) is 24.7. The van der Waals surface area contributed by atoms with Crippen molar-refractivity contribution in [3.8, 4) is 0 Å². The molecule has 60 heavy (non-hydrogen) atoms. The third kappa shape index (κ3) is 16.5. The zero-order valence-corrected chi connectivity index (χ0v) is 34.7. The van der Waals surface area contributed by atoms with Crippen molar-refractivity contribution < 1.29 is 89.0 Å². The van der Waals surface area contributed by atoms with Crippen molar-refractivity contribution in [2.24, 2.45) is 5.92 Å². The number of ether oxygens (including phenoxy) is 7. The minimum Gasteiger partial charge on any atom is -0.463 e. The largest absolute Gasteiger partial charge is 0.463 e. The number of carbonyl (C=O) groups is 1. The first kappa shape index (κ1) is 52.1. The zero-order valence-electron chi connectivity index (χ0n) is 34.7. The van der Waals surface area contributed by atoms with Crippen LogP contribution in [0.4, 0.5) is 0 Å². The van der Waals surface area contributed by atoms with Crippen LogP contribution in [-0.4, -0.2) is 182 Å². The molecule has 10 N–H and O–H groups in total. The van der Waals surface area contributed by atoms with Gasteiger partial charge >= 0.3 is 5.97 Å². The third-order valence-corrected chi connectivity index (χ3v) is 10.6.